The molecule has 0 rings (SSSR count). The van der Waals surface area contributed by atoms with E-state index in [9.17, 15) is 22.8 Å². The van der Waals surface area contributed by atoms with Crippen LogP contribution >= 0.6 is 11.6 Å². The average molecular weight is 334 g/mol. The summed E-state index contributed by atoms with van der Waals surface area (Å²) >= 11 is 5.13. The standard InChI is InChI=1S/C12H19ClF3NO4/c1-11(2,3)21-10(19)17-6-8(12(14,15)16)4-5-9(18)20-7-13/h8H,4-7H2,1-3H3,(H,17,19). The van der Waals surface area contributed by atoms with Gasteiger partial charge in [0.15, 0.2) is 6.07 Å². The summed E-state index contributed by atoms with van der Waals surface area (Å²) in [4.78, 5) is 22.3. The van der Waals surface area contributed by atoms with E-state index < -0.39 is 55.2 Å². The number of ether oxygens (including phenoxy) is 2. The maximum Gasteiger partial charge on any atom is 0.407 e. The highest BCUT2D eigenvalue weighted by Crippen LogP contribution is 2.29. The molecular formula is C12H19ClF3NO4. The summed E-state index contributed by atoms with van der Waals surface area (Å²) in [5.41, 5.74) is -0.804. The normalized spacial score (nSPS) is 13.5. The molecule has 1 amide bonds. The molecule has 0 aliphatic carbocycles. The highest BCUT2D eigenvalue weighted by molar-refractivity contribution is 6.17. The average Bonchev–Trinajstić information content (AvgIpc) is 2.24. The largest absolute Gasteiger partial charge is 0.449 e. The predicted octanol–water partition coefficient (Wildman–Crippen LogP) is 3.21. The summed E-state index contributed by atoms with van der Waals surface area (Å²) in [6, 6.07) is -0.411. The smallest absolute Gasteiger partial charge is 0.407 e. The number of esters is 1. The minimum atomic E-state index is -4.55. The summed E-state index contributed by atoms with van der Waals surface area (Å²) in [6.07, 6.45) is -6.43. The molecule has 1 atom stereocenters. The summed E-state index contributed by atoms with van der Waals surface area (Å²) in [5, 5.41) is 2.04. The van der Waals surface area contributed by atoms with Gasteiger partial charge in [0.25, 0.3) is 0 Å². The maximum absolute atomic E-state index is 12.8. The molecule has 21 heavy (non-hydrogen) atoms. The van der Waals surface area contributed by atoms with Gasteiger partial charge in [0.05, 0.1) is 5.92 Å². The van der Waals surface area contributed by atoms with Gasteiger partial charge >= 0.3 is 18.2 Å². The van der Waals surface area contributed by atoms with Crippen molar-refractivity contribution in [3.63, 3.8) is 0 Å². The Hall–Kier alpha value is -1.18. The Balaban J connectivity index is 4.39. The Morgan fingerprint density at radius 1 is 1.24 bits per heavy atom. The number of hydrogen-bond acceptors (Lipinski definition) is 4. The maximum atomic E-state index is 12.8. The molecule has 0 aromatic carbocycles. The quantitative estimate of drug-likeness (QED) is 0.599. The lowest BCUT2D eigenvalue weighted by molar-refractivity contribution is -0.176. The second-order valence-electron chi connectivity index (χ2n) is 5.29. The first-order chi connectivity index (χ1) is 9.45. The summed E-state index contributed by atoms with van der Waals surface area (Å²) in [7, 11) is 0. The minimum Gasteiger partial charge on any atom is -0.449 e. The molecule has 0 saturated carbocycles. The molecular weight excluding hydrogens is 315 g/mol. The molecule has 0 radical (unpaired) electrons. The molecule has 0 saturated heterocycles. The molecule has 0 aliphatic heterocycles. The molecule has 0 heterocycles. The van der Waals surface area contributed by atoms with Gasteiger partial charge in [-0.15, -0.1) is 0 Å². The Morgan fingerprint density at radius 3 is 2.24 bits per heavy atom. The third-order valence-electron chi connectivity index (χ3n) is 2.27. The lowest BCUT2D eigenvalue weighted by atomic mass is 10.0. The van der Waals surface area contributed by atoms with Crippen molar-refractivity contribution in [3.8, 4) is 0 Å². The van der Waals surface area contributed by atoms with Crippen molar-refractivity contribution in [1.29, 1.82) is 0 Å². The molecule has 1 unspecified atom stereocenters. The number of rotatable bonds is 6. The molecule has 124 valence electrons. The zero-order valence-corrected chi connectivity index (χ0v) is 12.8. The van der Waals surface area contributed by atoms with Gasteiger partial charge in [0.2, 0.25) is 0 Å². The van der Waals surface area contributed by atoms with E-state index in [2.05, 4.69) is 4.74 Å². The number of alkyl carbamates (subject to hydrolysis) is 1. The van der Waals surface area contributed by atoms with Gasteiger partial charge in [0, 0.05) is 13.0 Å². The number of carbonyl (C=O) groups excluding carboxylic acids is 2. The summed E-state index contributed by atoms with van der Waals surface area (Å²) in [5.74, 6) is -2.69. The zero-order chi connectivity index (χ0) is 16.7. The van der Waals surface area contributed by atoms with Crippen molar-refractivity contribution in [2.75, 3.05) is 12.6 Å². The van der Waals surface area contributed by atoms with Crippen molar-refractivity contribution in [1.82, 2.24) is 5.32 Å². The fourth-order valence-corrected chi connectivity index (χ4v) is 1.45. The van der Waals surface area contributed by atoms with Gasteiger partial charge in [-0.1, -0.05) is 11.6 Å². The Labute approximate surface area is 126 Å². The van der Waals surface area contributed by atoms with Crippen molar-refractivity contribution < 1.29 is 32.2 Å². The minimum absolute atomic E-state index is 0.411. The fourth-order valence-electron chi connectivity index (χ4n) is 1.33. The monoisotopic (exact) mass is 333 g/mol. The van der Waals surface area contributed by atoms with E-state index in [-0.39, 0.29) is 0 Å². The fraction of sp³-hybridized carbons (Fsp3) is 0.833. The Kier molecular flexibility index (Phi) is 7.84. The number of nitrogens with one attached hydrogen (secondary N) is 1. The van der Waals surface area contributed by atoms with Crippen LogP contribution < -0.4 is 5.32 Å². The van der Waals surface area contributed by atoms with Crippen LogP contribution in [0.25, 0.3) is 0 Å². The van der Waals surface area contributed by atoms with E-state index in [1.807, 2.05) is 5.32 Å². The third kappa shape index (κ3) is 10.2. The van der Waals surface area contributed by atoms with Crippen molar-refractivity contribution in [2.24, 2.45) is 5.92 Å². The van der Waals surface area contributed by atoms with Gasteiger partial charge in [0.1, 0.15) is 5.60 Å². The molecule has 0 aromatic heterocycles. The van der Waals surface area contributed by atoms with E-state index >= 15 is 0 Å². The molecule has 1 N–H and O–H groups in total. The second-order valence-corrected chi connectivity index (χ2v) is 5.50. The van der Waals surface area contributed by atoms with Gasteiger partial charge in [-0.25, -0.2) is 4.79 Å². The molecule has 0 fully saturated rings. The number of halogens is 4. The number of hydrogen-bond donors (Lipinski definition) is 1. The van der Waals surface area contributed by atoms with Crippen LogP contribution in [0, 0.1) is 5.92 Å². The highest BCUT2D eigenvalue weighted by Gasteiger charge is 2.39. The second kappa shape index (κ2) is 8.31. The van der Waals surface area contributed by atoms with Crippen LogP contribution in [0.2, 0.25) is 0 Å². The van der Waals surface area contributed by atoms with E-state index in [1.165, 1.54) is 0 Å². The van der Waals surface area contributed by atoms with E-state index in [4.69, 9.17) is 16.3 Å². The van der Waals surface area contributed by atoms with Crippen LogP contribution in [0.3, 0.4) is 0 Å². The zero-order valence-electron chi connectivity index (χ0n) is 12.1. The molecule has 0 spiro atoms. The summed E-state index contributed by atoms with van der Waals surface area (Å²) < 4.78 is 47.5. The van der Waals surface area contributed by atoms with Gasteiger partial charge in [-0.3, -0.25) is 4.79 Å². The first-order valence-corrected chi connectivity index (χ1v) is 6.74. The van der Waals surface area contributed by atoms with Crippen LogP contribution in [0.4, 0.5) is 18.0 Å². The topological polar surface area (TPSA) is 64.6 Å². The third-order valence-corrected chi connectivity index (χ3v) is 2.38. The van der Waals surface area contributed by atoms with Gasteiger partial charge < -0.3 is 14.8 Å². The van der Waals surface area contributed by atoms with Crippen LogP contribution in [-0.2, 0) is 14.3 Å². The molecule has 5 nitrogen and oxygen atoms in total. The first kappa shape index (κ1) is 19.8. The van der Waals surface area contributed by atoms with E-state index in [1.54, 1.807) is 20.8 Å². The lowest BCUT2D eigenvalue weighted by Gasteiger charge is -2.23. The molecule has 0 bridgehead atoms. The summed E-state index contributed by atoms with van der Waals surface area (Å²) in [6.45, 7) is 4.11. The van der Waals surface area contributed by atoms with Crippen molar-refractivity contribution >= 4 is 23.7 Å². The highest BCUT2D eigenvalue weighted by atomic mass is 35.5. The molecule has 0 aromatic rings. The number of amides is 1. The van der Waals surface area contributed by atoms with Crippen LogP contribution in [0.15, 0.2) is 0 Å². The van der Waals surface area contributed by atoms with Gasteiger partial charge in [-0.2, -0.15) is 13.2 Å². The van der Waals surface area contributed by atoms with Crippen LogP contribution in [0.1, 0.15) is 33.6 Å². The molecule has 9 heteroatoms. The number of carbonyl (C=O) groups is 2. The number of alkyl halides is 4. The lowest BCUT2D eigenvalue weighted by Crippen LogP contribution is -2.39. The predicted molar refractivity (Wildman–Crippen MR) is 69.8 cm³/mol. The van der Waals surface area contributed by atoms with Crippen molar-refractivity contribution in [3.05, 3.63) is 0 Å². The van der Waals surface area contributed by atoms with E-state index in [0.717, 1.165) is 0 Å². The molecule has 0 aliphatic rings. The van der Waals surface area contributed by atoms with Crippen LogP contribution in [-0.4, -0.2) is 36.5 Å². The van der Waals surface area contributed by atoms with Gasteiger partial charge in [-0.05, 0) is 27.2 Å². The van der Waals surface area contributed by atoms with Crippen molar-refractivity contribution in [2.45, 2.75) is 45.4 Å². The Morgan fingerprint density at radius 2 is 1.81 bits per heavy atom. The first-order valence-electron chi connectivity index (χ1n) is 6.21. The van der Waals surface area contributed by atoms with E-state index in [0.29, 0.717) is 0 Å². The SMILES string of the molecule is CC(C)(C)OC(=O)NCC(CCC(=O)OCCl)C(F)(F)F. The Bertz CT molecular complexity index is 355. The van der Waals surface area contributed by atoms with Crippen LogP contribution in [0.5, 0.6) is 0 Å².